The summed E-state index contributed by atoms with van der Waals surface area (Å²) in [5.41, 5.74) is 0. The number of rotatable bonds is 5. The molecule has 0 aliphatic heterocycles. The molecule has 0 saturated heterocycles. The van der Waals surface area contributed by atoms with Crippen molar-refractivity contribution in [2.24, 2.45) is 0 Å². The zero-order chi connectivity index (χ0) is 6.95. The summed E-state index contributed by atoms with van der Waals surface area (Å²) in [4.78, 5) is 0. The lowest BCUT2D eigenvalue weighted by Crippen LogP contribution is -1.89. The van der Waals surface area contributed by atoms with Crippen molar-refractivity contribution in [3.63, 3.8) is 0 Å². The van der Waals surface area contributed by atoms with Gasteiger partial charge in [0.05, 0.1) is 13.2 Å². The smallest absolute Gasteiger partial charge is 0.0652 e. The van der Waals surface area contributed by atoms with Crippen LogP contribution in [-0.2, 0) is 4.74 Å². The maximum atomic E-state index is 5.35. The lowest BCUT2D eigenvalue weighted by Gasteiger charge is -1.91. The first-order valence-corrected chi connectivity index (χ1v) is 3.35. The monoisotopic (exact) mass is 146 g/mol. The van der Waals surface area contributed by atoms with Gasteiger partial charge in [0.2, 0.25) is 0 Å². The van der Waals surface area contributed by atoms with Gasteiger partial charge in [0.15, 0.2) is 0 Å². The fourth-order valence-electron chi connectivity index (χ4n) is 0.350. The standard InChI is InChI=1S/C7H11ClO/c1-2-6-9-7-4-3-5-8/h2-4H,1,5-7H2/b4-3+. The minimum Gasteiger partial charge on any atom is -0.373 e. The van der Waals surface area contributed by atoms with Crippen molar-refractivity contribution in [3.05, 3.63) is 24.8 Å². The van der Waals surface area contributed by atoms with E-state index in [0.29, 0.717) is 19.1 Å². The third-order valence-corrected chi connectivity index (χ3v) is 0.884. The second-order valence-corrected chi connectivity index (χ2v) is 1.76. The molecule has 0 rings (SSSR count). The van der Waals surface area contributed by atoms with Crippen LogP contribution in [0, 0.1) is 0 Å². The van der Waals surface area contributed by atoms with E-state index in [1.165, 1.54) is 0 Å². The second-order valence-electron chi connectivity index (χ2n) is 1.45. The van der Waals surface area contributed by atoms with Crippen molar-refractivity contribution in [2.45, 2.75) is 0 Å². The molecule has 0 atom stereocenters. The summed E-state index contributed by atoms with van der Waals surface area (Å²) in [5, 5.41) is 0. The topological polar surface area (TPSA) is 9.23 Å². The molecule has 0 aromatic heterocycles. The third-order valence-electron chi connectivity index (χ3n) is 0.706. The molecule has 0 heterocycles. The molecular formula is C7H11ClO. The first kappa shape index (κ1) is 8.73. The molecule has 0 N–H and O–H groups in total. The van der Waals surface area contributed by atoms with E-state index in [0.717, 1.165) is 0 Å². The van der Waals surface area contributed by atoms with Crippen LogP contribution in [-0.4, -0.2) is 19.1 Å². The summed E-state index contributed by atoms with van der Waals surface area (Å²) in [5.74, 6) is 0.553. The highest BCUT2D eigenvalue weighted by atomic mass is 35.5. The summed E-state index contributed by atoms with van der Waals surface area (Å²) < 4.78 is 5.02. The van der Waals surface area contributed by atoms with Crippen LogP contribution in [0.2, 0.25) is 0 Å². The number of allylic oxidation sites excluding steroid dienone is 1. The summed E-state index contributed by atoms with van der Waals surface area (Å²) >= 11 is 5.35. The Morgan fingerprint density at radius 3 is 2.67 bits per heavy atom. The fourth-order valence-corrected chi connectivity index (χ4v) is 0.476. The number of ether oxygens (including phenoxy) is 1. The van der Waals surface area contributed by atoms with Crippen molar-refractivity contribution in [3.8, 4) is 0 Å². The molecule has 0 aromatic rings. The molecular weight excluding hydrogens is 136 g/mol. The molecule has 0 spiro atoms. The van der Waals surface area contributed by atoms with E-state index in [1.807, 2.05) is 12.2 Å². The number of alkyl halides is 1. The zero-order valence-electron chi connectivity index (χ0n) is 5.35. The molecule has 0 aliphatic rings. The summed E-state index contributed by atoms with van der Waals surface area (Å²) in [6, 6.07) is 0. The largest absolute Gasteiger partial charge is 0.373 e. The van der Waals surface area contributed by atoms with Crippen LogP contribution in [0.1, 0.15) is 0 Å². The lowest BCUT2D eigenvalue weighted by molar-refractivity contribution is 0.194. The molecule has 0 aromatic carbocycles. The number of halogens is 1. The van der Waals surface area contributed by atoms with Crippen LogP contribution in [0.5, 0.6) is 0 Å². The molecule has 0 aliphatic carbocycles. The van der Waals surface area contributed by atoms with E-state index in [2.05, 4.69) is 6.58 Å². The van der Waals surface area contributed by atoms with Crippen molar-refractivity contribution < 1.29 is 4.74 Å². The third kappa shape index (κ3) is 7.73. The van der Waals surface area contributed by atoms with Gasteiger partial charge in [-0.25, -0.2) is 0 Å². The van der Waals surface area contributed by atoms with Crippen LogP contribution in [0.4, 0.5) is 0 Å². The highest BCUT2D eigenvalue weighted by Gasteiger charge is 1.74. The quantitative estimate of drug-likeness (QED) is 0.328. The van der Waals surface area contributed by atoms with E-state index >= 15 is 0 Å². The molecule has 0 unspecified atom stereocenters. The minimum atomic E-state index is 0.553. The molecule has 0 fully saturated rings. The van der Waals surface area contributed by atoms with Gasteiger partial charge in [0.1, 0.15) is 0 Å². The molecule has 0 amide bonds. The SMILES string of the molecule is C=CCOC/C=C/CCl. The molecule has 52 valence electrons. The van der Waals surface area contributed by atoms with Crippen molar-refractivity contribution >= 4 is 11.6 Å². The molecule has 0 radical (unpaired) electrons. The van der Waals surface area contributed by atoms with Crippen LogP contribution in [0.25, 0.3) is 0 Å². The van der Waals surface area contributed by atoms with Gasteiger partial charge in [-0.15, -0.1) is 18.2 Å². The first-order valence-electron chi connectivity index (χ1n) is 2.81. The van der Waals surface area contributed by atoms with Crippen LogP contribution < -0.4 is 0 Å². The highest BCUT2D eigenvalue weighted by molar-refractivity contribution is 6.18. The van der Waals surface area contributed by atoms with E-state index in [9.17, 15) is 0 Å². The van der Waals surface area contributed by atoms with Gasteiger partial charge in [-0.1, -0.05) is 18.2 Å². The maximum absolute atomic E-state index is 5.35. The fraction of sp³-hybridized carbons (Fsp3) is 0.429. The van der Waals surface area contributed by atoms with Gasteiger partial charge >= 0.3 is 0 Å². The predicted octanol–water partition coefficient (Wildman–Crippen LogP) is 1.98. The van der Waals surface area contributed by atoms with Crippen molar-refractivity contribution in [1.29, 1.82) is 0 Å². The molecule has 0 saturated carbocycles. The van der Waals surface area contributed by atoms with Crippen LogP contribution >= 0.6 is 11.6 Å². The van der Waals surface area contributed by atoms with Gasteiger partial charge in [-0.2, -0.15) is 0 Å². The minimum absolute atomic E-state index is 0.553. The highest BCUT2D eigenvalue weighted by Crippen LogP contribution is 1.80. The Bertz CT molecular complexity index is 88.9. The van der Waals surface area contributed by atoms with Gasteiger partial charge in [-0.05, 0) is 0 Å². The Hall–Kier alpha value is -0.270. The normalized spacial score (nSPS) is 10.3. The number of hydrogen-bond acceptors (Lipinski definition) is 1. The van der Waals surface area contributed by atoms with Crippen LogP contribution in [0.15, 0.2) is 24.8 Å². The first-order chi connectivity index (χ1) is 4.41. The Balaban J connectivity index is 2.90. The van der Waals surface area contributed by atoms with E-state index in [4.69, 9.17) is 16.3 Å². The van der Waals surface area contributed by atoms with E-state index in [-0.39, 0.29) is 0 Å². The average molecular weight is 147 g/mol. The van der Waals surface area contributed by atoms with Gasteiger partial charge in [0.25, 0.3) is 0 Å². The summed E-state index contributed by atoms with van der Waals surface area (Å²) in [6.07, 6.45) is 5.45. The van der Waals surface area contributed by atoms with Gasteiger partial charge in [-0.3, -0.25) is 0 Å². The lowest BCUT2D eigenvalue weighted by atomic mass is 10.5. The van der Waals surface area contributed by atoms with Crippen molar-refractivity contribution in [2.75, 3.05) is 19.1 Å². The Kier molecular flexibility index (Phi) is 7.50. The summed E-state index contributed by atoms with van der Waals surface area (Å²) in [7, 11) is 0. The van der Waals surface area contributed by atoms with E-state index in [1.54, 1.807) is 6.08 Å². The Morgan fingerprint density at radius 1 is 1.33 bits per heavy atom. The molecule has 2 heteroatoms. The average Bonchev–Trinajstić information content (AvgIpc) is 1.89. The van der Waals surface area contributed by atoms with Gasteiger partial charge < -0.3 is 4.74 Å². The predicted molar refractivity (Wildman–Crippen MR) is 40.9 cm³/mol. The molecule has 0 bridgehead atoms. The van der Waals surface area contributed by atoms with Crippen molar-refractivity contribution in [1.82, 2.24) is 0 Å². The zero-order valence-corrected chi connectivity index (χ0v) is 6.10. The van der Waals surface area contributed by atoms with Gasteiger partial charge in [0, 0.05) is 5.88 Å². The Morgan fingerprint density at radius 2 is 2.11 bits per heavy atom. The Labute approximate surface area is 61.0 Å². The summed E-state index contributed by atoms with van der Waals surface area (Å²) in [6.45, 7) is 4.73. The maximum Gasteiger partial charge on any atom is 0.0652 e. The molecule has 9 heavy (non-hydrogen) atoms. The van der Waals surface area contributed by atoms with E-state index < -0.39 is 0 Å². The van der Waals surface area contributed by atoms with Crippen LogP contribution in [0.3, 0.4) is 0 Å². The molecule has 1 nitrogen and oxygen atoms in total. The second kappa shape index (κ2) is 7.73. The number of hydrogen-bond donors (Lipinski definition) is 0.